The molecule has 0 saturated carbocycles. The fourth-order valence-corrected chi connectivity index (χ4v) is 2.95. The maximum absolute atomic E-state index is 12.0. The molecule has 2 rings (SSSR count). The van der Waals surface area contributed by atoms with Crippen LogP contribution >= 0.6 is 11.8 Å². The van der Waals surface area contributed by atoms with E-state index in [4.69, 9.17) is 9.15 Å². The lowest BCUT2D eigenvalue weighted by Gasteiger charge is -2.26. The van der Waals surface area contributed by atoms with Crippen LogP contribution in [0.5, 0.6) is 0 Å². The van der Waals surface area contributed by atoms with Crippen LogP contribution in [0.4, 0.5) is 0 Å². The molecule has 21 heavy (non-hydrogen) atoms. The lowest BCUT2D eigenvalue weighted by atomic mass is 10.2. The van der Waals surface area contributed by atoms with E-state index in [2.05, 4.69) is 31.2 Å². The van der Waals surface area contributed by atoms with Gasteiger partial charge in [-0.25, -0.2) is 0 Å². The van der Waals surface area contributed by atoms with Gasteiger partial charge in [-0.1, -0.05) is 18.7 Å². The van der Waals surface area contributed by atoms with E-state index in [0.717, 1.165) is 6.42 Å². The molecule has 1 aliphatic heterocycles. The van der Waals surface area contributed by atoms with Crippen LogP contribution in [0.1, 0.15) is 25.3 Å². The van der Waals surface area contributed by atoms with Gasteiger partial charge in [-0.2, -0.15) is 0 Å². The van der Waals surface area contributed by atoms with Crippen LogP contribution in [-0.2, 0) is 9.53 Å². The summed E-state index contributed by atoms with van der Waals surface area (Å²) in [4.78, 5) is 15.1. The number of quaternary nitrogens is 1. The van der Waals surface area contributed by atoms with E-state index in [1.807, 2.05) is 4.90 Å². The molecule has 1 aromatic rings. The van der Waals surface area contributed by atoms with Crippen LogP contribution < -0.4 is 4.90 Å². The van der Waals surface area contributed by atoms with Gasteiger partial charge in [0.25, 0.3) is 11.1 Å². The van der Waals surface area contributed by atoms with Gasteiger partial charge in [0.1, 0.15) is 0 Å². The second-order valence-electron chi connectivity index (χ2n) is 5.23. The number of nitrogens with one attached hydrogen (secondary N) is 1. The van der Waals surface area contributed by atoms with Gasteiger partial charge < -0.3 is 19.0 Å². The van der Waals surface area contributed by atoms with Crippen molar-refractivity contribution in [2.24, 2.45) is 0 Å². The standard InChI is InChI=1S/C13H22N4O3S/c1-4-10(16(2)3)12-14-15-13(20-12)21-9-11(18)17-5-7-19-8-6-17/h10H,4-9H2,1-3H3/p+1/t10-/m1/s1. The fraction of sp³-hybridized carbons (Fsp3) is 0.769. The Hall–Kier alpha value is -1.12. The van der Waals surface area contributed by atoms with Gasteiger partial charge in [0.15, 0.2) is 6.04 Å². The molecule has 1 atom stereocenters. The Kier molecular flexibility index (Phi) is 6.01. The number of hydrogen-bond donors (Lipinski definition) is 1. The summed E-state index contributed by atoms with van der Waals surface area (Å²) in [6.07, 6.45) is 0.932. The molecular weight excluding hydrogens is 292 g/mol. The highest BCUT2D eigenvalue weighted by atomic mass is 32.2. The molecule has 1 saturated heterocycles. The van der Waals surface area contributed by atoms with Crippen molar-refractivity contribution in [1.29, 1.82) is 0 Å². The summed E-state index contributed by atoms with van der Waals surface area (Å²) in [6.45, 7) is 4.65. The maximum atomic E-state index is 12.0. The number of rotatable bonds is 6. The van der Waals surface area contributed by atoms with E-state index >= 15 is 0 Å². The van der Waals surface area contributed by atoms with Crippen molar-refractivity contribution in [3.8, 4) is 0 Å². The molecule has 1 aromatic heterocycles. The SMILES string of the molecule is CC[C@H](c1nnc(SCC(=O)N2CCOCC2)o1)[NH+](C)C. The lowest BCUT2D eigenvalue weighted by Crippen LogP contribution is -3.06. The van der Waals surface area contributed by atoms with Crippen molar-refractivity contribution in [1.82, 2.24) is 15.1 Å². The zero-order valence-electron chi connectivity index (χ0n) is 12.8. The molecule has 2 heterocycles. The van der Waals surface area contributed by atoms with Gasteiger partial charge in [0.2, 0.25) is 5.91 Å². The number of hydrogen-bond acceptors (Lipinski definition) is 6. The first-order valence-electron chi connectivity index (χ1n) is 7.23. The molecule has 0 aromatic carbocycles. The number of aromatic nitrogens is 2. The fourth-order valence-electron chi connectivity index (χ4n) is 2.28. The minimum Gasteiger partial charge on any atom is -0.410 e. The molecule has 0 bridgehead atoms. The summed E-state index contributed by atoms with van der Waals surface area (Å²) in [5.41, 5.74) is 0. The van der Waals surface area contributed by atoms with Crippen molar-refractivity contribution < 1.29 is 18.8 Å². The number of nitrogens with zero attached hydrogens (tertiary/aromatic N) is 3. The average Bonchev–Trinajstić information content (AvgIpc) is 2.94. The first-order chi connectivity index (χ1) is 10.1. The summed E-state index contributed by atoms with van der Waals surface area (Å²) in [7, 11) is 4.13. The van der Waals surface area contributed by atoms with Crippen LogP contribution in [0.2, 0.25) is 0 Å². The smallest absolute Gasteiger partial charge is 0.277 e. The second kappa shape index (κ2) is 7.77. The summed E-state index contributed by atoms with van der Waals surface area (Å²) in [5, 5.41) is 8.58. The highest BCUT2D eigenvalue weighted by Gasteiger charge is 2.23. The van der Waals surface area contributed by atoms with E-state index in [1.165, 1.54) is 16.7 Å². The van der Waals surface area contributed by atoms with Gasteiger partial charge in [-0.05, 0) is 0 Å². The second-order valence-corrected chi connectivity index (χ2v) is 6.15. The molecule has 1 N–H and O–H groups in total. The number of ether oxygens (including phenoxy) is 1. The average molecular weight is 315 g/mol. The molecule has 1 aliphatic rings. The van der Waals surface area contributed by atoms with Crippen LogP contribution in [0, 0.1) is 0 Å². The third-order valence-corrected chi connectivity index (χ3v) is 4.31. The first-order valence-corrected chi connectivity index (χ1v) is 8.22. The van der Waals surface area contributed by atoms with Gasteiger partial charge in [0.05, 0.1) is 33.1 Å². The summed E-state index contributed by atoms with van der Waals surface area (Å²) in [6, 6.07) is 0.196. The van der Waals surface area contributed by atoms with E-state index in [-0.39, 0.29) is 11.9 Å². The molecule has 0 unspecified atom stereocenters. The highest BCUT2D eigenvalue weighted by molar-refractivity contribution is 7.99. The van der Waals surface area contributed by atoms with Crippen LogP contribution in [0.25, 0.3) is 0 Å². The summed E-state index contributed by atoms with van der Waals surface area (Å²) in [5.74, 6) is 1.06. The van der Waals surface area contributed by atoms with Crippen molar-refractivity contribution in [2.75, 3.05) is 46.2 Å². The van der Waals surface area contributed by atoms with Crippen molar-refractivity contribution in [2.45, 2.75) is 24.6 Å². The molecule has 0 radical (unpaired) electrons. The molecule has 7 nitrogen and oxygen atoms in total. The van der Waals surface area contributed by atoms with Crippen molar-refractivity contribution in [3.63, 3.8) is 0 Å². The van der Waals surface area contributed by atoms with Gasteiger partial charge in [-0.3, -0.25) is 4.79 Å². The van der Waals surface area contributed by atoms with Crippen LogP contribution in [-0.4, -0.2) is 67.2 Å². The summed E-state index contributed by atoms with van der Waals surface area (Å²) < 4.78 is 10.9. The van der Waals surface area contributed by atoms with E-state index in [1.54, 1.807) is 0 Å². The molecule has 0 aliphatic carbocycles. The van der Waals surface area contributed by atoms with Gasteiger partial charge in [0, 0.05) is 19.5 Å². The predicted octanol–water partition coefficient (Wildman–Crippen LogP) is -0.384. The number of thioether (sulfide) groups is 1. The number of morpholine rings is 1. The normalized spacial score (nSPS) is 17.2. The maximum Gasteiger partial charge on any atom is 0.277 e. The number of carbonyl (C=O) groups excluding carboxylic acids is 1. The molecule has 0 spiro atoms. The molecule has 1 fully saturated rings. The zero-order valence-corrected chi connectivity index (χ0v) is 13.6. The first kappa shape index (κ1) is 16.3. The Bertz CT molecular complexity index is 460. The molecule has 1 amide bonds. The van der Waals surface area contributed by atoms with Crippen molar-refractivity contribution in [3.05, 3.63) is 5.89 Å². The molecule has 118 valence electrons. The largest absolute Gasteiger partial charge is 0.410 e. The Balaban J connectivity index is 1.86. The minimum atomic E-state index is 0.0910. The van der Waals surface area contributed by atoms with Gasteiger partial charge >= 0.3 is 0 Å². The minimum absolute atomic E-state index is 0.0910. The molecule has 8 heteroatoms. The third-order valence-electron chi connectivity index (χ3n) is 3.51. The third kappa shape index (κ3) is 4.42. The predicted molar refractivity (Wildman–Crippen MR) is 78.3 cm³/mol. The Morgan fingerprint density at radius 2 is 2.10 bits per heavy atom. The van der Waals surface area contributed by atoms with Crippen LogP contribution in [0.15, 0.2) is 9.64 Å². The molecular formula is C13H23N4O3S+. The Morgan fingerprint density at radius 3 is 2.71 bits per heavy atom. The van der Waals surface area contributed by atoms with Gasteiger partial charge in [-0.15, -0.1) is 10.2 Å². The highest BCUT2D eigenvalue weighted by Crippen LogP contribution is 2.20. The quantitative estimate of drug-likeness (QED) is 0.721. The van der Waals surface area contributed by atoms with E-state index in [0.29, 0.717) is 43.2 Å². The van der Waals surface area contributed by atoms with E-state index in [9.17, 15) is 4.79 Å². The monoisotopic (exact) mass is 315 g/mol. The Morgan fingerprint density at radius 1 is 1.38 bits per heavy atom. The zero-order chi connectivity index (χ0) is 15.2. The number of carbonyl (C=O) groups is 1. The topological polar surface area (TPSA) is 72.9 Å². The van der Waals surface area contributed by atoms with Crippen LogP contribution in [0.3, 0.4) is 0 Å². The van der Waals surface area contributed by atoms with E-state index < -0.39 is 0 Å². The van der Waals surface area contributed by atoms with Crippen molar-refractivity contribution >= 4 is 17.7 Å². The summed E-state index contributed by atoms with van der Waals surface area (Å²) >= 11 is 1.30. The Labute approximate surface area is 129 Å². The number of amides is 1. The lowest BCUT2D eigenvalue weighted by molar-refractivity contribution is -0.894.